The van der Waals surface area contributed by atoms with E-state index in [9.17, 15) is 0 Å². The Morgan fingerprint density at radius 2 is 1.85 bits per heavy atom. The van der Waals surface area contributed by atoms with Crippen molar-refractivity contribution in [3.63, 3.8) is 0 Å². The predicted molar refractivity (Wildman–Crippen MR) is 92.8 cm³/mol. The fraction of sp³-hybridized carbons (Fsp3) is 0.412. The SMILES string of the molecule is CCNC(Cc1c(C)cc(C)cc1C)c1sccc1Br. The second kappa shape index (κ2) is 6.88. The molecule has 0 amide bonds. The molecule has 0 radical (unpaired) electrons. The molecule has 1 unspecified atom stereocenters. The Hall–Kier alpha value is -0.640. The summed E-state index contributed by atoms with van der Waals surface area (Å²) < 4.78 is 1.22. The zero-order valence-electron chi connectivity index (χ0n) is 12.6. The highest BCUT2D eigenvalue weighted by molar-refractivity contribution is 9.10. The van der Waals surface area contributed by atoms with E-state index in [0.29, 0.717) is 6.04 Å². The zero-order chi connectivity index (χ0) is 14.7. The van der Waals surface area contributed by atoms with Gasteiger partial charge in [0, 0.05) is 15.4 Å². The molecule has 0 aliphatic heterocycles. The van der Waals surface area contributed by atoms with E-state index >= 15 is 0 Å². The topological polar surface area (TPSA) is 12.0 Å². The van der Waals surface area contributed by atoms with E-state index in [1.165, 1.54) is 31.6 Å². The third-order valence-corrected chi connectivity index (χ3v) is 5.64. The minimum atomic E-state index is 0.384. The summed E-state index contributed by atoms with van der Waals surface area (Å²) in [6.45, 7) is 9.77. The summed E-state index contributed by atoms with van der Waals surface area (Å²) in [6.07, 6.45) is 1.05. The molecule has 0 aliphatic rings. The van der Waals surface area contributed by atoms with E-state index < -0.39 is 0 Å². The van der Waals surface area contributed by atoms with Crippen molar-refractivity contribution in [3.05, 3.63) is 55.2 Å². The molecule has 0 fully saturated rings. The van der Waals surface area contributed by atoms with E-state index in [0.717, 1.165) is 13.0 Å². The molecule has 1 atom stereocenters. The number of nitrogens with one attached hydrogen (secondary N) is 1. The van der Waals surface area contributed by atoms with E-state index in [2.05, 4.69) is 72.5 Å². The van der Waals surface area contributed by atoms with E-state index in [1.807, 2.05) is 11.3 Å². The Kier molecular flexibility index (Phi) is 5.42. The first-order chi connectivity index (χ1) is 9.52. The van der Waals surface area contributed by atoms with Crippen LogP contribution in [0.3, 0.4) is 0 Å². The Balaban J connectivity index is 2.32. The second-order valence-electron chi connectivity index (χ2n) is 5.32. The summed E-state index contributed by atoms with van der Waals surface area (Å²) in [5.41, 5.74) is 5.62. The van der Waals surface area contributed by atoms with Gasteiger partial charge in [0.15, 0.2) is 0 Å². The summed E-state index contributed by atoms with van der Waals surface area (Å²) >= 11 is 5.49. The van der Waals surface area contributed by atoms with Gasteiger partial charge in [-0.15, -0.1) is 11.3 Å². The molecule has 108 valence electrons. The molecule has 3 heteroatoms. The quantitative estimate of drug-likeness (QED) is 0.767. The Bertz CT molecular complexity index is 565. The molecule has 1 aromatic carbocycles. The summed E-state index contributed by atoms with van der Waals surface area (Å²) in [5, 5.41) is 5.78. The average Bonchev–Trinajstić information content (AvgIpc) is 2.78. The van der Waals surface area contributed by atoms with Gasteiger partial charge < -0.3 is 5.32 Å². The van der Waals surface area contributed by atoms with Crippen LogP contribution in [-0.4, -0.2) is 6.54 Å². The maximum atomic E-state index is 3.67. The first-order valence-electron chi connectivity index (χ1n) is 7.06. The van der Waals surface area contributed by atoms with Crippen molar-refractivity contribution in [3.8, 4) is 0 Å². The van der Waals surface area contributed by atoms with Gasteiger partial charge in [-0.3, -0.25) is 0 Å². The lowest BCUT2D eigenvalue weighted by atomic mass is 9.94. The van der Waals surface area contributed by atoms with Crippen LogP contribution in [0.5, 0.6) is 0 Å². The zero-order valence-corrected chi connectivity index (χ0v) is 15.0. The third-order valence-electron chi connectivity index (χ3n) is 3.66. The van der Waals surface area contributed by atoms with Crippen LogP contribution in [0.4, 0.5) is 0 Å². The van der Waals surface area contributed by atoms with Gasteiger partial charge in [-0.05, 0) is 77.8 Å². The van der Waals surface area contributed by atoms with Crippen molar-refractivity contribution >= 4 is 27.3 Å². The first-order valence-corrected chi connectivity index (χ1v) is 8.73. The fourth-order valence-electron chi connectivity index (χ4n) is 2.79. The van der Waals surface area contributed by atoms with Crippen molar-refractivity contribution in [2.75, 3.05) is 6.54 Å². The van der Waals surface area contributed by atoms with Crippen LogP contribution in [0.15, 0.2) is 28.1 Å². The second-order valence-corrected chi connectivity index (χ2v) is 7.13. The average molecular weight is 352 g/mol. The Morgan fingerprint density at radius 1 is 1.20 bits per heavy atom. The number of rotatable bonds is 5. The summed E-state index contributed by atoms with van der Waals surface area (Å²) in [5.74, 6) is 0. The van der Waals surface area contributed by atoms with E-state index in [4.69, 9.17) is 0 Å². The van der Waals surface area contributed by atoms with Crippen molar-refractivity contribution in [2.45, 2.75) is 40.2 Å². The van der Waals surface area contributed by atoms with Crippen LogP contribution < -0.4 is 5.32 Å². The molecule has 0 saturated carbocycles. The standard InChI is InChI=1S/C17H22BrNS/c1-5-19-16(17-15(18)6-7-20-17)10-14-12(3)8-11(2)9-13(14)4/h6-9,16,19H,5,10H2,1-4H3. The van der Waals surface area contributed by atoms with Gasteiger partial charge >= 0.3 is 0 Å². The molecule has 0 aliphatic carbocycles. The van der Waals surface area contributed by atoms with Gasteiger partial charge in [-0.25, -0.2) is 0 Å². The summed E-state index contributed by atoms with van der Waals surface area (Å²) in [7, 11) is 0. The molecule has 2 rings (SSSR count). The monoisotopic (exact) mass is 351 g/mol. The number of likely N-dealkylation sites (N-methyl/N-ethyl adjacent to an activating group) is 1. The lowest BCUT2D eigenvalue weighted by molar-refractivity contribution is 0.554. The maximum Gasteiger partial charge on any atom is 0.0467 e. The highest BCUT2D eigenvalue weighted by Crippen LogP contribution is 2.32. The van der Waals surface area contributed by atoms with Gasteiger partial charge in [-0.2, -0.15) is 0 Å². The Morgan fingerprint density at radius 3 is 2.35 bits per heavy atom. The number of hydrogen-bond acceptors (Lipinski definition) is 2. The van der Waals surface area contributed by atoms with Crippen molar-refractivity contribution in [2.24, 2.45) is 0 Å². The largest absolute Gasteiger partial charge is 0.309 e. The number of aryl methyl sites for hydroxylation is 3. The van der Waals surface area contributed by atoms with E-state index in [1.54, 1.807) is 0 Å². The minimum absolute atomic E-state index is 0.384. The van der Waals surface area contributed by atoms with Crippen LogP contribution in [-0.2, 0) is 6.42 Å². The fourth-order valence-corrected chi connectivity index (χ4v) is 4.52. The Labute approximate surface area is 134 Å². The molecule has 2 aromatic rings. The summed E-state index contributed by atoms with van der Waals surface area (Å²) in [6, 6.07) is 7.09. The van der Waals surface area contributed by atoms with E-state index in [-0.39, 0.29) is 0 Å². The smallest absolute Gasteiger partial charge is 0.0467 e. The van der Waals surface area contributed by atoms with Gasteiger partial charge in [0.2, 0.25) is 0 Å². The molecular weight excluding hydrogens is 330 g/mol. The number of hydrogen-bond donors (Lipinski definition) is 1. The minimum Gasteiger partial charge on any atom is -0.309 e. The molecule has 1 heterocycles. The first kappa shape index (κ1) is 15.7. The van der Waals surface area contributed by atoms with Crippen molar-refractivity contribution in [1.29, 1.82) is 0 Å². The van der Waals surface area contributed by atoms with Crippen molar-refractivity contribution < 1.29 is 0 Å². The third kappa shape index (κ3) is 3.51. The normalized spacial score (nSPS) is 12.7. The van der Waals surface area contributed by atoms with Crippen LogP contribution in [0.1, 0.15) is 40.1 Å². The van der Waals surface area contributed by atoms with Crippen LogP contribution in [0, 0.1) is 20.8 Å². The van der Waals surface area contributed by atoms with Gasteiger partial charge in [0.1, 0.15) is 0 Å². The lowest BCUT2D eigenvalue weighted by Gasteiger charge is -2.20. The predicted octanol–water partition coefficient (Wildman–Crippen LogP) is 5.33. The number of thiophene rings is 1. The molecular formula is C17H22BrNS. The molecule has 20 heavy (non-hydrogen) atoms. The molecule has 1 N–H and O–H groups in total. The molecule has 0 bridgehead atoms. The number of halogens is 1. The van der Waals surface area contributed by atoms with Gasteiger partial charge in [0.25, 0.3) is 0 Å². The van der Waals surface area contributed by atoms with Crippen LogP contribution >= 0.6 is 27.3 Å². The van der Waals surface area contributed by atoms with Gasteiger partial charge in [0.05, 0.1) is 0 Å². The summed E-state index contributed by atoms with van der Waals surface area (Å²) in [4.78, 5) is 1.39. The number of benzene rings is 1. The van der Waals surface area contributed by atoms with Crippen molar-refractivity contribution in [1.82, 2.24) is 5.32 Å². The van der Waals surface area contributed by atoms with Crippen LogP contribution in [0.2, 0.25) is 0 Å². The lowest BCUT2D eigenvalue weighted by Crippen LogP contribution is -2.23. The molecule has 0 spiro atoms. The molecule has 1 nitrogen and oxygen atoms in total. The highest BCUT2D eigenvalue weighted by atomic mass is 79.9. The molecule has 0 saturated heterocycles. The highest BCUT2D eigenvalue weighted by Gasteiger charge is 2.17. The maximum absolute atomic E-state index is 3.67. The molecule has 1 aromatic heterocycles. The van der Waals surface area contributed by atoms with Crippen LogP contribution in [0.25, 0.3) is 0 Å². The van der Waals surface area contributed by atoms with Gasteiger partial charge in [-0.1, -0.05) is 24.6 Å².